The molecule has 0 N–H and O–H groups in total. The summed E-state index contributed by atoms with van der Waals surface area (Å²) < 4.78 is 39.3. The van der Waals surface area contributed by atoms with Gasteiger partial charge in [0.05, 0.1) is 45.8 Å². The third kappa shape index (κ3) is 39.2. The second kappa shape index (κ2) is 81.0. The number of imidazole rings is 1. The van der Waals surface area contributed by atoms with Crippen molar-refractivity contribution in [1.82, 2.24) is 103 Å². The summed E-state index contributed by atoms with van der Waals surface area (Å²) in [6, 6.07) is 48.1. The van der Waals surface area contributed by atoms with Gasteiger partial charge in [-0.3, -0.25) is 34.0 Å². The summed E-state index contributed by atoms with van der Waals surface area (Å²) in [5, 5.41) is 13.4. The average molecular weight is 1990 g/mol. The summed E-state index contributed by atoms with van der Waals surface area (Å²) in [6.45, 7) is 81.2. The highest BCUT2D eigenvalue weighted by molar-refractivity contribution is 5.96. The van der Waals surface area contributed by atoms with E-state index in [1.165, 1.54) is 105 Å². The van der Waals surface area contributed by atoms with Crippen molar-refractivity contribution in [3.8, 4) is 44.9 Å². The van der Waals surface area contributed by atoms with Gasteiger partial charge < -0.3 is 24.2 Å². The first kappa shape index (κ1) is 125. The number of piperazine rings is 4. The Morgan fingerprint density at radius 1 is 0.264 bits per heavy atom. The zero-order valence-electron chi connectivity index (χ0n) is 101. The minimum atomic E-state index is 0.399. The van der Waals surface area contributed by atoms with Crippen LogP contribution in [0.25, 0.3) is 83.4 Å². The summed E-state index contributed by atoms with van der Waals surface area (Å²) in [4.78, 5) is 51.1. The fourth-order valence-corrected chi connectivity index (χ4v) is 19.4. The molecule has 12 heterocycles. The second-order valence-electron chi connectivity index (χ2n) is 32.6. The van der Waals surface area contributed by atoms with Crippen molar-refractivity contribution in [3.05, 3.63) is 195 Å². The number of rotatable bonds is 12. The number of benzene rings is 4. The lowest BCUT2D eigenvalue weighted by atomic mass is 9.84. The molecule has 144 heavy (non-hydrogen) atoms. The van der Waals surface area contributed by atoms with Crippen molar-refractivity contribution < 1.29 is 5.48 Å². The number of nitrogens with zero attached hydrogens (tertiary/aromatic N) is 21. The van der Waals surface area contributed by atoms with Crippen LogP contribution in [-0.2, 0) is 0 Å². The van der Waals surface area contributed by atoms with Gasteiger partial charge in [0.1, 0.15) is 29.9 Å². The van der Waals surface area contributed by atoms with Gasteiger partial charge in [0.15, 0.2) is 11.3 Å². The lowest BCUT2D eigenvalue weighted by Crippen LogP contribution is -2.49. The molecule has 4 saturated heterocycles. The predicted molar refractivity (Wildman–Crippen MR) is 632 cm³/mol. The molecule has 0 spiro atoms. The maximum absolute atomic E-state index is 7.56. The molecular formula is C123H211N21. The van der Waals surface area contributed by atoms with Gasteiger partial charge >= 0.3 is 0 Å². The van der Waals surface area contributed by atoms with E-state index >= 15 is 0 Å². The van der Waals surface area contributed by atoms with Crippen LogP contribution in [-0.4, -0.2) is 260 Å². The van der Waals surface area contributed by atoms with E-state index in [2.05, 4.69) is 209 Å². The van der Waals surface area contributed by atoms with Gasteiger partial charge in [-0.15, -0.1) is 0 Å². The third-order valence-corrected chi connectivity index (χ3v) is 25.9. The Labute approximate surface area is 887 Å². The van der Waals surface area contributed by atoms with E-state index in [1.807, 2.05) is 277 Å². The number of likely N-dealkylation sites (N-methyl/N-ethyl adjacent to an activating group) is 4. The Kier molecular flexibility index (Phi) is 70.6. The molecular weight excluding hydrogens is 1770 g/mol. The summed E-state index contributed by atoms with van der Waals surface area (Å²) in [5.41, 5.74) is 13.3. The fraction of sp³-hybridized carbons (Fsp3) is 0.618. The van der Waals surface area contributed by atoms with E-state index in [4.69, 9.17) is 20.7 Å². The third-order valence-electron chi connectivity index (χ3n) is 25.9. The largest absolute Gasteiger partial charge is 0.344 e. The van der Waals surface area contributed by atoms with Crippen molar-refractivity contribution in [2.45, 2.75) is 373 Å². The molecule has 808 valence electrons. The van der Waals surface area contributed by atoms with Crippen LogP contribution in [0.15, 0.2) is 190 Å². The van der Waals surface area contributed by atoms with Crippen LogP contribution in [0.5, 0.6) is 0 Å². The Morgan fingerprint density at radius 3 is 0.875 bits per heavy atom. The molecule has 0 radical (unpaired) electrons. The molecule has 0 bridgehead atoms. The number of pyridine rings is 1. The van der Waals surface area contributed by atoms with Crippen molar-refractivity contribution in [3.63, 3.8) is 0 Å². The van der Waals surface area contributed by atoms with Gasteiger partial charge in [0.25, 0.3) is 0 Å². The number of fused-ring (bicyclic) bond motifs is 4. The smallest absolute Gasteiger partial charge is 0.162 e. The van der Waals surface area contributed by atoms with Gasteiger partial charge in [0.2, 0.25) is 0 Å². The highest BCUT2D eigenvalue weighted by Crippen LogP contribution is 2.42. The molecule has 4 aromatic carbocycles. The maximum Gasteiger partial charge on any atom is 0.162 e. The van der Waals surface area contributed by atoms with E-state index < -0.39 is 0 Å². The molecule has 0 atom stereocenters. The zero-order valence-corrected chi connectivity index (χ0v) is 97.4. The Balaban J connectivity index is 0.000000902. The van der Waals surface area contributed by atoms with Crippen LogP contribution in [0.4, 0.5) is 0 Å². The van der Waals surface area contributed by atoms with Crippen LogP contribution in [0.2, 0.25) is 0 Å². The molecule has 8 fully saturated rings. The molecule has 21 nitrogen and oxygen atoms in total. The summed E-state index contributed by atoms with van der Waals surface area (Å²) >= 11 is 0. The highest BCUT2D eigenvalue weighted by atomic mass is 15.4. The lowest BCUT2D eigenvalue weighted by molar-refractivity contribution is 0.0815. The topological polar surface area (TPSA) is 161 Å². The minimum absolute atomic E-state index is 0.399. The predicted octanol–water partition coefficient (Wildman–Crippen LogP) is 31.0. The standard InChI is InChI=1S/C24H30N4.C23H29N5.2C22H28N6.16C2H6/c1-26-13-15-27(16-14-26)20-7-9-21(10-8-20)28-18-23(19-5-3-2-4-6-19)22-17-25-12-11-24(22)28;1-26-13-15-27(16-14-26)20-9-7-19(8-10-20)23-25-22(18-5-3-2-4-6-18)21-17-24-11-12-28(21)23;2*1-26-11-13-27(14-12-26)18-7-9-19(10-8-18)28-22-20(15-23-16-24-22)21(25-28)17-5-3-2-4-6-17;16*1-2/h2-6,11-12,17-18,20-21H,7-10,13-16H2,1H3;2-6,11-12,17,19-20H,7-10,13-16H2,1H3;2*2-6,15-16,18-19H,7-14H2,1H3;16*1-2H3/i4*1D;;;;;;;;;;;;;;;;. The molecule has 0 unspecified atom stereocenters. The zero-order chi connectivity index (χ0) is 111. The normalized spacial score (nSPS) is 20.2. The van der Waals surface area contributed by atoms with Gasteiger partial charge in [-0.1, -0.05) is 343 Å². The average Bonchev–Trinajstić information content (AvgIpc) is 1.64. The Hall–Kier alpha value is -9.03. The van der Waals surface area contributed by atoms with Gasteiger partial charge in [-0.2, -0.15) is 10.2 Å². The van der Waals surface area contributed by atoms with Crippen LogP contribution in [0.1, 0.15) is 360 Å². The van der Waals surface area contributed by atoms with Crippen molar-refractivity contribution in [2.24, 2.45) is 0 Å². The quantitative estimate of drug-likeness (QED) is 0.113. The summed E-state index contributed by atoms with van der Waals surface area (Å²) in [6.07, 6.45) is 38.5. The van der Waals surface area contributed by atoms with E-state index in [0.717, 1.165) is 198 Å². The van der Waals surface area contributed by atoms with Crippen LogP contribution in [0, 0.1) is 0 Å². The molecule has 8 aromatic heterocycles. The molecule has 4 aliphatic carbocycles. The highest BCUT2D eigenvalue weighted by Gasteiger charge is 2.36. The molecule has 4 aliphatic heterocycles. The summed E-state index contributed by atoms with van der Waals surface area (Å²) in [7, 11) is 1.74. The first-order valence-corrected chi connectivity index (χ1v) is 57.7. The molecule has 4 saturated carbocycles. The second-order valence-corrected chi connectivity index (χ2v) is 32.6. The molecule has 20 rings (SSSR count). The molecule has 21 heteroatoms. The Morgan fingerprint density at radius 2 is 0.549 bits per heavy atom. The number of hydrogen-bond acceptors (Lipinski definition) is 17. The van der Waals surface area contributed by atoms with Gasteiger partial charge in [0, 0.05) is 217 Å². The van der Waals surface area contributed by atoms with Crippen LogP contribution in [0.3, 0.4) is 0 Å². The number of hydrogen-bond donors (Lipinski definition) is 0. The van der Waals surface area contributed by atoms with Crippen LogP contribution >= 0.6 is 0 Å². The SMILES string of the molecule is CC.CC.CC.CC.CC.CC.CC.CC.CC.CC.CC.CC.CC.CC.CC.CC.[2H]CN1CCN(C2CCC(c3nc(-c4ccccc4)c4cnccn34)CC2)CC1.[2H]CN1CCN(C2CCC(n3cc(-c4ccccc4)c4cnccc43)CC2)CC1.[2H]CN1CCN(C2CCC(n3nc(-c4ccccc4)c4cncnc43)CC2)CC1.[2H]CN1CCN(C2CCC(n3nc(-c4ccccc4)c4cncnc43)CC2)CC1. The van der Waals surface area contributed by atoms with Gasteiger partial charge in [-0.05, 0) is 142 Å². The van der Waals surface area contributed by atoms with E-state index in [-0.39, 0.29) is 0 Å². The summed E-state index contributed by atoms with van der Waals surface area (Å²) in [5.74, 6) is 1.70. The monoisotopic (exact) mass is 1990 g/mol. The minimum Gasteiger partial charge on any atom is -0.344 e. The van der Waals surface area contributed by atoms with E-state index in [9.17, 15) is 0 Å². The molecule has 0 amide bonds. The molecule has 12 aromatic rings. The molecule has 8 aliphatic rings. The van der Waals surface area contributed by atoms with E-state index in [0.29, 0.717) is 70.3 Å². The van der Waals surface area contributed by atoms with Crippen LogP contribution < -0.4 is 0 Å². The lowest BCUT2D eigenvalue weighted by Gasteiger charge is -2.41. The number of aromatic nitrogens is 13. The first-order valence-electron chi connectivity index (χ1n) is 60.5. The fourth-order valence-electron chi connectivity index (χ4n) is 19.4. The maximum atomic E-state index is 7.56. The van der Waals surface area contributed by atoms with Crippen molar-refractivity contribution in [1.29, 1.82) is 0 Å². The van der Waals surface area contributed by atoms with E-state index in [1.54, 1.807) is 12.7 Å². The first-order chi connectivity index (χ1) is 73.3. The van der Waals surface area contributed by atoms with Crippen molar-refractivity contribution in [2.75, 3.05) is 133 Å². The Bertz CT molecular complexity index is 4400. The van der Waals surface area contributed by atoms with Gasteiger partial charge in [-0.25, -0.2) is 34.3 Å². The van der Waals surface area contributed by atoms with Crippen molar-refractivity contribution >= 4 is 38.5 Å².